The van der Waals surface area contributed by atoms with E-state index in [1.165, 1.54) is 0 Å². The quantitative estimate of drug-likeness (QED) is 0.336. The lowest BCUT2D eigenvalue weighted by atomic mass is 10.2. The van der Waals surface area contributed by atoms with Gasteiger partial charge in [-0.3, -0.25) is 0 Å². The molecule has 9 heavy (non-hydrogen) atoms. The zero-order valence-electron chi connectivity index (χ0n) is 5.16. The first kappa shape index (κ1) is 7.94. The molecule has 52 valence electrons. The Balaban J connectivity index is 3.85. The van der Waals surface area contributed by atoms with Crippen molar-refractivity contribution in [3.8, 4) is 0 Å². The average molecular weight is 131 g/mol. The first-order chi connectivity index (χ1) is 4.22. The number of rotatable bonds is 3. The normalized spacial score (nSPS) is 11.4. The van der Waals surface area contributed by atoms with Crippen LogP contribution < -0.4 is 0 Å². The molecule has 0 saturated heterocycles. The minimum Gasteiger partial charge on any atom is -0.477 e. The summed E-state index contributed by atoms with van der Waals surface area (Å²) in [6, 6.07) is 0. The van der Waals surface area contributed by atoms with Gasteiger partial charge in [0, 0.05) is 6.42 Å². The van der Waals surface area contributed by atoms with Crippen LogP contribution in [-0.2, 0) is 4.79 Å². The zero-order valence-corrected chi connectivity index (χ0v) is 5.16. The van der Waals surface area contributed by atoms with Crippen molar-refractivity contribution in [2.24, 2.45) is 5.16 Å². The Morgan fingerprint density at radius 2 is 2.22 bits per heavy atom. The van der Waals surface area contributed by atoms with E-state index in [0.717, 1.165) is 0 Å². The number of aliphatic carboxylic acids is 1. The Bertz CT molecular complexity index is 130. The summed E-state index contributed by atoms with van der Waals surface area (Å²) in [6.45, 7) is 1.81. The fourth-order valence-corrected chi connectivity index (χ4v) is 0.437. The van der Waals surface area contributed by atoms with Gasteiger partial charge >= 0.3 is 5.97 Å². The van der Waals surface area contributed by atoms with Gasteiger partial charge in [-0.1, -0.05) is 18.5 Å². The van der Waals surface area contributed by atoms with Crippen molar-refractivity contribution in [3.63, 3.8) is 0 Å². The molecule has 4 nitrogen and oxygen atoms in total. The largest absolute Gasteiger partial charge is 0.477 e. The monoisotopic (exact) mass is 131 g/mol. The van der Waals surface area contributed by atoms with Gasteiger partial charge in [-0.05, 0) is 0 Å². The van der Waals surface area contributed by atoms with Crippen molar-refractivity contribution >= 4 is 11.7 Å². The molecular formula is C5H9NO3. The maximum atomic E-state index is 10.0. The molecule has 0 rings (SSSR count). The average Bonchev–Trinajstić information content (AvgIpc) is 1.82. The summed E-state index contributed by atoms with van der Waals surface area (Å²) in [5.41, 5.74) is -0.183. The summed E-state index contributed by atoms with van der Waals surface area (Å²) in [5, 5.41) is 18.8. The molecule has 0 radical (unpaired) electrons. The van der Waals surface area contributed by atoms with Crippen LogP contribution in [-0.4, -0.2) is 22.0 Å². The summed E-state index contributed by atoms with van der Waals surface area (Å²) in [6.07, 6.45) is 0.984. The first-order valence-corrected chi connectivity index (χ1v) is 2.66. The molecule has 2 N–H and O–H groups in total. The summed E-state index contributed by atoms with van der Waals surface area (Å²) < 4.78 is 0. The van der Waals surface area contributed by atoms with Crippen LogP contribution in [0, 0.1) is 0 Å². The molecule has 0 spiro atoms. The number of oxime groups is 1. The first-order valence-electron chi connectivity index (χ1n) is 2.66. The molecule has 0 unspecified atom stereocenters. The molecule has 0 aliphatic rings. The molecular weight excluding hydrogens is 122 g/mol. The van der Waals surface area contributed by atoms with Crippen LogP contribution in [0.1, 0.15) is 19.8 Å². The fourth-order valence-electron chi connectivity index (χ4n) is 0.437. The molecule has 0 aliphatic heterocycles. The van der Waals surface area contributed by atoms with Crippen molar-refractivity contribution in [2.45, 2.75) is 19.8 Å². The molecule has 0 heterocycles. The lowest BCUT2D eigenvalue weighted by Crippen LogP contribution is -2.11. The molecule has 0 amide bonds. The Kier molecular flexibility index (Phi) is 3.43. The SMILES string of the molecule is CCC/C(=N/O)C(=O)O. The lowest BCUT2D eigenvalue weighted by molar-refractivity contribution is -0.129. The van der Waals surface area contributed by atoms with E-state index in [1.807, 2.05) is 6.92 Å². The Labute approximate surface area is 52.8 Å². The standard InChI is InChI=1S/C5H9NO3/c1-2-3-4(6-9)5(7)8/h9H,2-3H2,1H3,(H,7,8)/b6-4-. The Hall–Kier alpha value is -1.06. The highest BCUT2D eigenvalue weighted by molar-refractivity contribution is 6.35. The van der Waals surface area contributed by atoms with Crippen molar-refractivity contribution in [2.75, 3.05) is 0 Å². The number of hydrogen-bond acceptors (Lipinski definition) is 3. The fraction of sp³-hybridized carbons (Fsp3) is 0.600. The highest BCUT2D eigenvalue weighted by atomic mass is 16.4. The molecule has 0 bridgehead atoms. The third-order valence-electron chi connectivity index (χ3n) is 0.854. The number of carbonyl (C=O) groups is 1. The van der Waals surface area contributed by atoms with Gasteiger partial charge in [-0.2, -0.15) is 0 Å². The molecule has 0 saturated carbocycles. The van der Waals surface area contributed by atoms with Crippen molar-refractivity contribution in [1.29, 1.82) is 0 Å². The molecule has 0 aromatic carbocycles. The van der Waals surface area contributed by atoms with Gasteiger partial charge < -0.3 is 10.3 Å². The van der Waals surface area contributed by atoms with Crippen molar-refractivity contribution < 1.29 is 15.1 Å². The smallest absolute Gasteiger partial charge is 0.353 e. The second-order valence-corrected chi connectivity index (χ2v) is 1.60. The molecule has 0 aromatic heterocycles. The molecule has 0 aliphatic carbocycles. The van der Waals surface area contributed by atoms with Crippen molar-refractivity contribution in [1.82, 2.24) is 0 Å². The van der Waals surface area contributed by atoms with Crippen LogP contribution >= 0.6 is 0 Å². The maximum absolute atomic E-state index is 10.0. The van der Waals surface area contributed by atoms with Gasteiger partial charge in [-0.25, -0.2) is 4.79 Å². The van der Waals surface area contributed by atoms with Crippen LogP contribution in [0.15, 0.2) is 5.16 Å². The summed E-state index contributed by atoms with van der Waals surface area (Å²) >= 11 is 0. The predicted octanol–water partition coefficient (Wildman–Crippen LogP) is 0.701. The van der Waals surface area contributed by atoms with E-state index in [1.54, 1.807) is 0 Å². The predicted molar refractivity (Wildman–Crippen MR) is 31.8 cm³/mol. The van der Waals surface area contributed by atoms with Gasteiger partial charge in [0.1, 0.15) is 0 Å². The molecule has 0 fully saturated rings. The van der Waals surface area contributed by atoms with E-state index in [4.69, 9.17) is 10.3 Å². The number of hydrogen-bond donors (Lipinski definition) is 2. The highest BCUT2D eigenvalue weighted by Gasteiger charge is 2.06. The van der Waals surface area contributed by atoms with Crippen LogP contribution in [0.3, 0.4) is 0 Å². The van der Waals surface area contributed by atoms with Gasteiger partial charge in [0.2, 0.25) is 0 Å². The second-order valence-electron chi connectivity index (χ2n) is 1.60. The van der Waals surface area contributed by atoms with Crippen LogP contribution in [0.5, 0.6) is 0 Å². The van der Waals surface area contributed by atoms with Gasteiger partial charge in [-0.15, -0.1) is 0 Å². The van der Waals surface area contributed by atoms with E-state index >= 15 is 0 Å². The number of carboxylic acids is 1. The third-order valence-corrected chi connectivity index (χ3v) is 0.854. The summed E-state index contributed by atoms with van der Waals surface area (Å²) in [4.78, 5) is 10.0. The number of nitrogens with zero attached hydrogens (tertiary/aromatic N) is 1. The zero-order chi connectivity index (χ0) is 7.28. The van der Waals surface area contributed by atoms with Crippen LogP contribution in [0.25, 0.3) is 0 Å². The van der Waals surface area contributed by atoms with E-state index < -0.39 is 5.97 Å². The van der Waals surface area contributed by atoms with Crippen molar-refractivity contribution in [3.05, 3.63) is 0 Å². The van der Waals surface area contributed by atoms with E-state index in [9.17, 15) is 4.79 Å². The topological polar surface area (TPSA) is 69.9 Å². The van der Waals surface area contributed by atoms with Crippen LogP contribution in [0.4, 0.5) is 0 Å². The highest BCUT2D eigenvalue weighted by Crippen LogP contribution is 1.90. The summed E-state index contributed by atoms with van der Waals surface area (Å²) in [5.74, 6) is -1.15. The third kappa shape index (κ3) is 2.69. The molecule has 4 heteroatoms. The Morgan fingerprint density at radius 3 is 2.33 bits per heavy atom. The lowest BCUT2D eigenvalue weighted by Gasteiger charge is -1.91. The van der Waals surface area contributed by atoms with E-state index in [2.05, 4.69) is 5.16 Å². The van der Waals surface area contributed by atoms with Gasteiger partial charge in [0.05, 0.1) is 0 Å². The number of carboxylic acid groups (broad SMARTS) is 1. The minimum atomic E-state index is -1.15. The van der Waals surface area contributed by atoms with Gasteiger partial charge in [0.25, 0.3) is 0 Å². The van der Waals surface area contributed by atoms with Crippen LogP contribution in [0.2, 0.25) is 0 Å². The maximum Gasteiger partial charge on any atom is 0.353 e. The second kappa shape index (κ2) is 3.88. The van der Waals surface area contributed by atoms with E-state index in [0.29, 0.717) is 12.8 Å². The summed E-state index contributed by atoms with van der Waals surface area (Å²) in [7, 11) is 0. The molecule has 0 aromatic rings. The minimum absolute atomic E-state index is 0.183. The van der Waals surface area contributed by atoms with Gasteiger partial charge in [0.15, 0.2) is 5.71 Å². The molecule has 0 atom stereocenters. The Morgan fingerprint density at radius 1 is 1.67 bits per heavy atom. The van der Waals surface area contributed by atoms with E-state index in [-0.39, 0.29) is 5.71 Å².